The fourth-order valence-corrected chi connectivity index (χ4v) is 8.16. The van der Waals surface area contributed by atoms with Gasteiger partial charge in [0, 0.05) is 26.7 Å². The highest BCUT2D eigenvalue weighted by Crippen LogP contribution is 2.40. The van der Waals surface area contributed by atoms with Crippen LogP contribution < -0.4 is 16.0 Å². The van der Waals surface area contributed by atoms with Gasteiger partial charge in [0.05, 0.1) is 18.4 Å². The van der Waals surface area contributed by atoms with Gasteiger partial charge in [-0.2, -0.15) is 13.2 Å². The highest BCUT2D eigenvalue weighted by atomic mass is 19.4. The Morgan fingerprint density at radius 2 is 1.71 bits per heavy atom. The summed E-state index contributed by atoms with van der Waals surface area (Å²) in [5.74, 6) is 2.36. The molecule has 0 bridgehead atoms. The van der Waals surface area contributed by atoms with Crippen LogP contribution in [0.4, 0.5) is 17.6 Å². The smallest absolute Gasteiger partial charge is 0.338 e. The molecule has 0 spiro atoms. The molecule has 2 saturated carbocycles. The summed E-state index contributed by atoms with van der Waals surface area (Å²) in [5, 5.41) is 19.2. The zero-order valence-corrected chi connectivity index (χ0v) is 23.3. The van der Waals surface area contributed by atoms with Gasteiger partial charge in [0.2, 0.25) is 0 Å². The molecule has 0 aromatic heterocycles. The molecule has 5 rings (SSSR count). The maximum atomic E-state index is 14.5. The van der Waals surface area contributed by atoms with Gasteiger partial charge in [-0.3, -0.25) is 26.3 Å². The standard InChI is InChI=1S/C27H47F4N7/c1-15(2)19-10-9-18(28)11-20(19)23-33-12-21-25(35-23)38(26(32)37(21)4)13-16-5-7-17(8-6-16)24-34-22(14-36(24)3)27(29,30)31/h15-25,32-35H,5-14H2,1-4H3. The van der Waals surface area contributed by atoms with E-state index in [0.29, 0.717) is 36.6 Å². The van der Waals surface area contributed by atoms with Crippen LogP contribution in [0, 0.1) is 35.0 Å². The van der Waals surface area contributed by atoms with E-state index in [1.54, 1.807) is 7.05 Å². The molecule has 0 radical (unpaired) electrons. The number of likely N-dealkylation sites (N-methyl/N-ethyl adjacent to an activating group) is 2. The number of guanidine groups is 1. The van der Waals surface area contributed by atoms with E-state index < -0.39 is 18.4 Å². The topological polar surface area (TPSA) is 69.7 Å². The Morgan fingerprint density at radius 3 is 2.34 bits per heavy atom. The largest absolute Gasteiger partial charge is 0.405 e. The Kier molecular flexibility index (Phi) is 8.22. The zero-order valence-electron chi connectivity index (χ0n) is 23.3. The highest BCUT2D eigenvalue weighted by Gasteiger charge is 2.50. The molecule has 3 saturated heterocycles. The van der Waals surface area contributed by atoms with Crippen LogP contribution in [0.2, 0.25) is 0 Å². The van der Waals surface area contributed by atoms with Gasteiger partial charge in [0.25, 0.3) is 0 Å². The average Bonchev–Trinajstić information content (AvgIpc) is 3.37. The van der Waals surface area contributed by atoms with Crippen LogP contribution in [0.1, 0.15) is 58.8 Å². The van der Waals surface area contributed by atoms with Gasteiger partial charge >= 0.3 is 6.18 Å². The van der Waals surface area contributed by atoms with Gasteiger partial charge in [-0.25, -0.2) is 4.39 Å². The molecular weight excluding hydrogens is 498 g/mol. The van der Waals surface area contributed by atoms with E-state index in [4.69, 9.17) is 5.41 Å². The van der Waals surface area contributed by atoms with E-state index in [9.17, 15) is 17.6 Å². The minimum atomic E-state index is -4.21. The lowest BCUT2D eigenvalue weighted by Gasteiger charge is -2.47. The third-order valence-electron chi connectivity index (χ3n) is 10.4. The van der Waals surface area contributed by atoms with Gasteiger partial charge in [-0.05, 0) is 81.6 Å². The Balaban J connectivity index is 1.20. The lowest BCUT2D eigenvalue weighted by molar-refractivity contribution is -0.150. The average molecular weight is 546 g/mol. The Hall–Kier alpha value is -1.17. The molecule has 7 nitrogen and oxygen atoms in total. The molecule has 4 N–H and O–H groups in total. The molecule has 218 valence electrons. The number of fused-ring (bicyclic) bond motifs is 1. The summed E-state index contributed by atoms with van der Waals surface area (Å²) in [4.78, 5) is 6.07. The van der Waals surface area contributed by atoms with Crippen molar-refractivity contribution < 1.29 is 17.6 Å². The van der Waals surface area contributed by atoms with Crippen molar-refractivity contribution in [1.29, 1.82) is 5.41 Å². The molecule has 8 unspecified atom stereocenters. The van der Waals surface area contributed by atoms with E-state index in [2.05, 4.69) is 34.7 Å². The number of hydrogen-bond donors (Lipinski definition) is 4. The molecule has 3 heterocycles. The number of rotatable bonds is 5. The fraction of sp³-hybridized carbons (Fsp3) is 0.963. The molecule has 11 heteroatoms. The van der Waals surface area contributed by atoms with Crippen LogP contribution in [0.15, 0.2) is 0 Å². The van der Waals surface area contributed by atoms with E-state index in [0.717, 1.165) is 45.2 Å². The van der Waals surface area contributed by atoms with Crippen molar-refractivity contribution in [3.8, 4) is 0 Å². The van der Waals surface area contributed by atoms with Crippen molar-refractivity contribution in [2.45, 2.75) is 102 Å². The van der Waals surface area contributed by atoms with Crippen LogP contribution in [-0.2, 0) is 0 Å². The van der Waals surface area contributed by atoms with Crippen LogP contribution in [0.5, 0.6) is 0 Å². The van der Waals surface area contributed by atoms with Crippen molar-refractivity contribution in [1.82, 2.24) is 30.7 Å². The highest BCUT2D eigenvalue weighted by molar-refractivity contribution is 5.80. The van der Waals surface area contributed by atoms with Gasteiger partial charge in [-0.15, -0.1) is 0 Å². The number of nitrogens with one attached hydrogen (secondary N) is 4. The lowest BCUT2D eigenvalue weighted by atomic mass is 9.71. The van der Waals surface area contributed by atoms with Crippen molar-refractivity contribution in [2.75, 3.05) is 33.7 Å². The molecule has 0 amide bonds. The monoisotopic (exact) mass is 545 g/mol. The second kappa shape index (κ2) is 11.0. The normalized spacial score (nSPS) is 43.2. The van der Waals surface area contributed by atoms with Crippen LogP contribution in [0.3, 0.4) is 0 Å². The number of nitrogens with zero attached hydrogens (tertiary/aromatic N) is 3. The molecular formula is C27H47F4N7. The van der Waals surface area contributed by atoms with Crippen molar-refractivity contribution in [3.63, 3.8) is 0 Å². The summed E-state index contributed by atoms with van der Waals surface area (Å²) in [6.07, 6.45) is 0.751. The van der Waals surface area contributed by atoms with Gasteiger partial charge in [0.15, 0.2) is 5.96 Å². The second-order valence-electron chi connectivity index (χ2n) is 13.1. The summed E-state index contributed by atoms with van der Waals surface area (Å²) < 4.78 is 54.2. The first-order valence-electron chi connectivity index (χ1n) is 14.7. The Bertz CT molecular complexity index is 833. The maximum absolute atomic E-state index is 14.5. The fourth-order valence-electron chi connectivity index (χ4n) is 8.16. The molecule has 8 atom stereocenters. The molecule has 3 aliphatic heterocycles. The summed E-state index contributed by atoms with van der Waals surface area (Å²) in [6, 6.07) is -1.30. The van der Waals surface area contributed by atoms with E-state index in [1.165, 1.54) is 0 Å². The predicted octanol–water partition coefficient (Wildman–Crippen LogP) is 3.39. The third kappa shape index (κ3) is 5.54. The Morgan fingerprint density at radius 1 is 1.00 bits per heavy atom. The molecule has 38 heavy (non-hydrogen) atoms. The SMILES string of the molecule is CC(C)C1CCC(F)CC1C1NCC2C(N1)N(CC1CCC(C3NC(C(F)(F)F)CN3C)CC1)C(=N)N2C. The van der Waals surface area contributed by atoms with Crippen molar-refractivity contribution in [3.05, 3.63) is 0 Å². The first-order valence-corrected chi connectivity index (χ1v) is 14.7. The molecule has 0 aromatic rings. The minimum Gasteiger partial charge on any atom is -0.338 e. The first kappa shape index (κ1) is 28.4. The van der Waals surface area contributed by atoms with Crippen molar-refractivity contribution >= 4 is 5.96 Å². The van der Waals surface area contributed by atoms with Crippen LogP contribution >= 0.6 is 0 Å². The quantitative estimate of drug-likeness (QED) is 0.397. The summed E-state index contributed by atoms with van der Waals surface area (Å²) >= 11 is 0. The molecule has 0 aromatic carbocycles. The first-order chi connectivity index (χ1) is 17.9. The van der Waals surface area contributed by atoms with Crippen molar-refractivity contribution in [2.24, 2.45) is 29.6 Å². The summed E-state index contributed by atoms with van der Waals surface area (Å²) in [5.41, 5.74) is 0. The lowest BCUT2D eigenvalue weighted by Crippen LogP contribution is -2.67. The second-order valence-corrected chi connectivity index (χ2v) is 13.1. The number of halogens is 4. The summed E-state index contributed by atoms with van der Waals surface area (Å²) in [6.45, 7) is 6.04. The third-order valence-corrected chi connectivity index (χ3v) is 10.4. The summed E-state index contributed by atoms with van der Waals surface area (Å²) in [7, 11) is 3.77. The number of hydrogen-bond acceptors (Lipinski definition) is 5. The van der Waals surface area contributed by atoms with Gasteiger partial charge in [0.1, 0.15) is 18.4 Å². The molecule has 5 fully saturated rings. The Labute approximate surface area is 224 Å². The molecule has 2 aliphatic carbocycles. The maximum Gasteiger partial charge on any atom is 0.405 e. The number of alkyl halides is 4. The van der Waals surface area contributed by atoms with Gasteiger partial charge < -0.3 is 9.80 Å². The van der Waals surface area contributed by atoms with Crippen LogP contribution in [0.25, 0.3) is 0 Å². The van der Waals surface area contributed by atoms with E-state index >= 15 is 0 Å². The zero-order chi connectivity index (χ0) is 27.4. The van der Waals surface area contributed by atoms with Crippen LogP contribution in [-0.4, -0.2) is 97.3 Å². The van der Waals surface area contributed by atoms with E-state index in [-0.39, 0.29) is 42.9 Å². The van der Waals surface area contributed by atoms with Gasteiger partial charge in [-0.1, -0.05) is 13.8 Å². The predicted molar refractivity (Wildman–Crippen MR) is 140 cm³/mol. The minimum absolute atomic E-state index is 0.0110. The van der Waals surface area contributed by atoms with E-state index in [1.807, 2.05) is 16.8 Å². The molecule has 5 aliphatic rings.